The van der Waals surface area contributed by atoms with Gasteiger partial charge in [-0.25, -0.2) is 0 Å². The predicted octanol–water partition coefficient (Wildman–Crippen LogP) is 2.80. The first-order valence-electron chi connectivity index (χ1n) is 7.46. The van der Waals surface area contributed by atoms with Gasteiger partial charge in [-0.1, -0.05) is 51.2 Å². The lowest BCUT2D eigenvalue weighted by molar-refractivity contribution is -0.139. The monoisotopic (exact) mass is 282 g/mol. The Kier molecular flexibility index (Phi) is 6.43. The number of carboxylic acid groups (broad SMARTS) is 1. The molecule has 0 aromatic heterocycles. The molecule has 114 valence electrons. The molecule has 0 saturated carbocycles. The van der Waals surface area contributed by atoms with E-state index in [1.54, 1.807) is 0 Å². The molecule has 0 atom stereocenters. The van der Waals surface area contributed by atoms with Gasteiger partial charge in [-0.2, -0.15) is 0 Å². The average molecular weight is 282 g/mol. The van der Waals surface area contributed by atoms with E-state index in [0.717, 1.165) is 12.8 Å². The molecule has 1 aliphatic carbocycles. The molecule has 0 aromatic rings. The highest BCUT2D eigenvalue weighted by Gasteiger charge is 2.31. The van der Waals surface area contributed by atoms with Crippen LogP contribution in [0.3, 0.4) is 0 Å². The Morgan fingerprint density at radius 3 is 1.95 bits per heavy atom. The molecule has 1 rings (SSSR count). The number of aliphatic hydroxyl groups is 2. The Bertz CT molecular complexity index is 357. The Labute approximate surface area is 120 Å². The van der Waals surface area contributed by atoms with Crippen LogP contribution in [0.25, 0.3) is 0 Å². The van der Waals surface area contributed by atoms with Gasteiger partial charge in [0.15, 0.2) is 0 Å². The summed E-state index contributed by atoms with van der Waals surface area (Å²) >= 11 is 0. The lowest BCUT2D eigenvalue weighted by atomic mass is 9.84. The molecular formula is C16H26O4. The zero-order valence-corrected chi connectivity index (χ0v) is 12.2. The predicted molar refractivity (Wildman–Crippen MR) is 78.4 cm³/mol. The van der Waals surface area contributed by atoms with Crippen molar-refractivity contribution in [2.45, 2.75) is 69.5 Å². The number of rotatable bonds is 9. The van der Waals surface area contributed by atoms with Crippen molar-refractivity contribution in [2.24, 2.45) is 0 Å². The van der Waals surface area contributed by atoms with Gasteiger partial charge in [0.25, 0.3) is 0 Å². The molecule has 0 bridgehead atoms. The van der Waals surface area contributed by atoms with Gasteiger partial charge in [-0.05, 0) is 25.0 Å². The van der Waals surface area contributed by atoms with Crippen LogP contribution in [0.2, 0.25) is 0 Å². The second-order valence-electron chi connectivity index (χ2n) is 5.74. The van der Waals surface area contributed by atoms with Crippen LogP contribution in [0.4, 0.5) is 0 Å². The molecule has 1 aliphatic rings. The average Bonchev–Trinajstić information content (AvgIpc) is 2.37. The van der Waals surface area contributed by atoms with E-state index in [2.05, 4.69) is 6.92 Å². The van der Waals surface area contributed by atoms with Crippen molar-refractivity contribution in [2.75, 3.05) is 0 Å². The summed E-state index contributed by atoms with van der Waals surface area (Å²) in [6.45, 7) is 2.18. The van der Waals surface area contributed by atoms with Crippen molar-refractivity contribution in [3.05, 3.63) is 24.3 Å². The van der Waals surface area contributed by atoms with Crippen molar-refractivity contribution >= 4 is 5.97 Å². The topological polar surface area (TPSA) is 77.8 Å². The highest BCUT2D eigenvalue weighted by Crippen LogP contribution is 2.28. The first-order chi connectivity index (χ1) is 9.39. The van der Waals surface area contributed by atoms with E-state index in [1.807, 2.05) is 0 Å². The van der Waals surface area contributed by atoms with Crippen LogP contribution in [0, 0.1) is 0 Å². The maximum Gasteiger partial charge on any atom is 0.306 e. The molecule has 4 nitrogen and oxygen atoms in total. The third kappa shape index (κ3) is 5.88. The van der Waals surface area contributed by atoms with Crippen LogP contribution in [0.15, 0.2) is 24.3 Å². The minimum atomic E-state index is -1.47. The summed E-state index contributed by atoms with van der Waals surface area (Å²) in [7, 11) is 0. The molecule has 0 heterocycles. The first kappa shape index (κ1) is 16.9. The van der Waals surface area contributed by atoms with E-state index < -0.39 is 17.2 Å². The molecule has 0 aliphatic heterocycles. The van der Waals surface area contributed by atoms with Gasteiger partial charge >= 0.3 is 5.97 Å². The van der Waals surface area contributed by atoms with Gasteiger partial charge in [0.05, 0.1) is 6.42 Å². The zero-order valence-electron chi connectivity index (χ0n) is 12.2. The number of hydrogen-bond acceptors (Lipinski definition) is 3. The molecule has 0 fully saturated rings. The van der Waals surface area contributed by atoms with Crippen LogP contribution in [0.5, 0.6) is 0 Å². The van der Waals surface area contributed by atoms with Gasteiger partial charge in [0.2, 0.25) is 0 Å². The van der Waals surface area contributed by atoms with Crippen molar-refractivity contribution in [3.63, 3.8) is 0 Å². The number of carbonyl (C=O) groups is 1. The highest BCUT2D eigenvalue weighted by atomic mass is 16.4. The second-order valence-corrected chi connectivity index (χ2v) is 5.74. The van der Waals surface area contributed by atoms with Crippen molar-refractivity contribution in [1.29, 1.82) is 0 Å². The van der Waals surface area contributed by atoms with E-state index in [1.165, 1.54) is 50.0 Å². The smallest absolute Gasteiger partial charge is 0.306 e. The summed E-state index contributed by atoms with van der Waals surface area (Å²) in [6, 6.07) is 0. The van der Waals surface area contributed by atoms with E-state index in [4.69, 9.17) is 5.11 Å². The molecule has 0 radical (unpaired) electrons. The molecule has 0 amide bonds. The molecule has 4 heteroatoms. The summed E-state index contributed by atoms with van der Waals surface area (Å²) in [5, 5.41) is 29.0. The molecule has 3 N–H and O–H groups in total. The SMILES string of the molecule is CCCCCCCCC1(O)C=CC(O)(CC(=O)O)C=C1. The maximum atomic E-state index is 10.6. The summed E-state index contributed by atoms with van der Waals surface area (Å²) in [6.07, 6.45) is 12.9. The highest BCUT2D eigenvalue weighted by molar-refractivity contribution is 5.69. The minimum absolute atomic E-state index is 0.382. The number of unbranched alkanes of at least 4 members (excludes halogenated alkanes) is 5. The largest absolute Gasteiger partial charge is 0.481 e. The zero-order chi connectivity index (χ0) is 15.1. The summed E-state index contributed by atoms with van der Waals surface area (Å²) in [5.41, 5.74) is -2.52. The molecule has 0 spiro atoms. The summed E-state index contributed by atoms with van der Waals surface area (Å²) < 4.78 is 0. The molecular weight excluding hydrogens is 256 g/mol. The Balaban J connectivity index is 2.35. The van der Waals surface area contributed by atoms with E-state index in [0.29, 0.717) is 6.42 Å². The van der Waals surface area contributed by atoms with E-state index >= 15 is 0 Å². The normalized spacial score (nSPS) is 28.8. The molecule has 0 unspecified atom stereocenters. The fourth-order valence-corrected chi connectivity index (χ4v) is 2.40. The first-order valence-corrected chi connectivity index (χ1v) is 7.46. The van der Waals surface area contributed by atoms with Gasteiger partial charge in [0, 0.05) is 0 Å². The maximum absolute atomic E-state index is 10.6. The molecule has 0 saturated heterocycles. The van der Waals surface area contributed by atoms with Gasteiger partial charge in [0.1, 0.15) is 11.2 Å². The number of carboxylic acids is 1. The number of hydrogen-bond donors (Lipinski definition) is 3. The summed E-state index contributed by atoms with van der Waals surface area (Å²) in [4.78, 5) is 10.6. The summed E-state index contributed by atoms with van der Waals surface area (Å²) in [5.74, 6) is -1.07. The quantitative estimate of drug-likeness (QED) is 0.449. The van der Waals surface area contributed by atoms with Crippen molar-refractivity contribution in [3.8, 4) is 0 Å². The minimum Gasteiger partial charge on any atom is -0.481 e. The lowest BCUT2D eigenvalue weighted by Crippen LogP contribution is -2.34. The standard InChI is InChI=1S/C16H26O4/c1-2-3-4-5-6-7-8-15(19)9-11-16(20,12-10-15)13-14(17)18/h9-12,19-20H,2-8,13H2,1H3,(H,17,18). The fourth-order valence-electron chi connectivity index (χ4n) is 2.40. The molecule has 20 heavy (non-hydrogen) atoms. The number of aliphatic carboxylic acids is 1. The Morgan fingerprint density at radius 1 is 0.900 bits per heavy atom. The second kappa shape index (κ2) is 7.60. The van der Waals surface area contributed by atoms with Gasteiger partial charge < -0.3 is 15.3 Å². The molecule has 0 aromatic carbocycles. The third-order valence-corrected chi connectivity index (χ3v) is 3.69. The van der Waals surface area contributed by atoms with Crippen LogP contribution in [-0.4, -0.2) is 32.5 Å². The van der Waals surface area contributed by atoms with Crippen LogP contribution >= 0.6 is 0 Å². The lowest BCUT2D eigenvalue weighted by Gasteiger charge is -2.29. The fraction of sp³-hybridized carbons (Fsp3) is 0.688. The van der Waals surface area contributed by atoms with E-state index in [9.17, 15) is 15.0 Å². The van der Waals surface area contributed by atoms with Crippen LogP contribution in [0.1, 0.15) is 58.3 Å². The van der Waals surface area contributed by atoms with Crippen molar-refractivity contribution < 1.29 is 20.1 Å². The third-order valence-electron chi connectivity index (χ3n) is 3.69. The Morgan fingerprint density at radius 2 is 1.40 bits per heavy atom. The van der Waals surface area contributed by atoms with Crippen molar-refractivity contribution in [1.82, 2.24) is 0 Å². The van der Waals surface area contributed by atoms with Gasteiger partial charge in [-0.3, -0.25) is 4.79 Å². The van der Waals surface area contributed by atoms with Crippen LogP contribution in [-0.2, 0) is 4.79 Å². The van der Waals surface area contributed by atoms with Crippen LogP contribution < -0.4 is 0 Å². The van der Waals surface area contributed by atoms with Gasteiger partial charge in [-0.15, -0.1) is 0 Å². The Hall–Kier alpha value is -1.13. The van der Waals surface area contributed by atoms with E-state index in [-0.39, 0.29) is 6.42 Å².